The zero-order valence-corrected chi connectivity index (χ0v) is 11.9. The highest BCUT2D eigenvalue weighted by atomic mass is 14.9. The molecule has 0 heterocycles. The van der Waals surface area contributed by atoms with Gasteiger partial charge < -0.3 is 5.32 Å². The zero-order valence-electron chi connectivity index (χ0n) is 11.9. The van der Waals surface area contributed by atoms with E-state index < -0.39 is 0 Å². The Morgan fingerprint density at radius 3 is 2.29 bits per heavy atom. The van der Waals surface area contributed by atoms with Crippen LogP contribution in [0.15, 0.2) is 0 Å². The summed E-state index contributed by atoms with van der Waals surface area (Å²) in [4.78, 5) is 0. The zero-order chi connectivity index (χ0) is 12.1. The summed E-state index contributed by atoms with van der Waals surface area (Å²) in [5, 5.41) is 3.81. The predicted molar refractivity (Wildman–Crippen MR) is 75.2 cm³/mol. The highest BCUT2D eigenvalue weighted by Gasteiger charge is 2.37. The fourth-order valence-corrected chi connectivity index (χ4v) is 4.15. The van der Waals surface area contributed by atoms with Gasteiger partial charge in [-0.3, -0.25) is 0 Å². The third-order valence-electron chi connectivity index (χ3n) is 5.33. The molecule has 1 N–H and O–H groups in total. The minimum Gasteiger partial charge on any atom is -0.314 e. The van der Waals surface area contributed by atoms with Crippen molar-refractivity contribution in [1.82, 2.24) is 5.32 Å². The van der Waals surface area contributed by atoms with Crippen LogP contribution in [-0.4, -0.2) is 12.6 Å². The van der Waals surface area contributed by atoms with E-state index in [1.54, 1.807) is 0 Å². The molecule has 0 amide bonds. The monoisotopic (exact) mass is 237 g/mol. The average molecular weight is 237 g/mol. The van der Waals surface area contributed by atoms with E-state index >= 15 is 0 Å². The summed E-state index contributed by atoms with van der Waals surface area (Å²) >= 11 is 0. The Balaban J connectivity index is 1.91. The quantitative estimate of drug-likeness (QED) is 0.741. The third kappa shape index (κ3) is 3.47. The van der Waals surface area contributed by atoms with Crippen LogP contribution in [0.2, 0.25) is 0 Å². The third-order valence-corrected chi connectivity index (χ3v) is 5.33. The second kappa shape index (κ2) is 6.22. The second-order valence-electron chi connectivity index (χ2n) is 6.71. The Morgan fingerprint density at radius 1 is 1.06 bits per heavy atom. The lowest BCUT2D eigenvalue weighted by Gasteiger charge is -2.38. The molecule has 17 heavy (non-hydrogen) atoms. The molecule has 0 radical (unpaired) electrons. The Bertz CT molecular complexity index is 212. The summed E-state index contributed by atoms with van der Waals surface area (Å²) in [6, 6.07) is 0.790. The Morgan fingerprint density at radius 2 is 1.71 bits per heavy atom. The molecule has 2 saturated carbocycles. The molecule has 100 valence electrons. The molecular weight excluding hydrogens is 206 g/mol. The summed E-state index contributed by atoms with van der Waals surface area (Å²) in [5.74, 6) is 1.02. The SMILES string of the molecule is CCNC(CC1CCCCC1)C1(C)CCCC1. The van der Waals surface area contributed by atoms with Gasteiger partial charge in [0.05, 0.1) is 0 Å². The maximum absolute atomic E-state index is 3.81. The fraction of sp³-hybridized carbons (Fsp3) is 1.00. The van der Waals surface area contributed by atoms with Gasteiger partial charge >= 0.3 is 0 Å². The van der Waals surface area contributed by atoms with Crippen LogP contribution in [0.4, 0.5) is 0 Å². The van der Waals surface area contributed by atoms with Gasteiger partial charge in [0.2, 0.25) is 0 Å². The number of nitrogens with one attached hydrogen (secondary N) is 1. The highest BCUT2D eigenvalue weighted by molar-refractivity contribution is 4.92. The number of rotatable bonds is 5. The van der Waals surface area contributed by atoms with Crippen LogP contribution in [0.25, 0.3) is 0 Å². The average Bonchev–Trinajstić information content (AvgIpc) is 2.78. The van der Waals surface area contributed by atoms with Crippen LogP contribution in [0.1, 0.15) is 78.1 Å². The summed E-state index contributed by atoms with van der Waals surface area (Å²) in [6.45, 7) is 5.95. The molecule has 1 nitrogen and oxygen atoms in total. The summed E-state index contributed by atoms with van der Waals surface area (Å²) in [6.07, 6.45) is 14.7. The minimum absolute atomic E-state index is 0.605. The van der Waals surface area contributed by atoms with Crippen molar-refractivity contribution in [3.05, 3.63) is 0 Å². The predicted octanol–water partition coefficient (Wildman–Crippen LogP) is 4.52. The van der Waals surface area contributed by atoms with Crippen molar-refractivity contribution in [2.75, 3.05) is 6.54 Å². The molecule has 2 fully saturated rings. The van der Waals surface area contributed by atoms with Crippen molar-refractivity contribution in [2.45, 2.75) is 84.1 Å². The van der Waals surface area contributed by atoms with Gasteiger partial charge in [-0.25, -0.2) is 0 Å². The smallest absolute Gasteiger partial charge is 0.0123 e. The van der Waals surface area contributed by atoms with Crippen LogP contribution >= 0.6 is 0 Å². The summed E-state index contributed by atoms with van der Waals surface area (Å²) in [7, 11) is 0. The van der Waals surface area contributed by atoms with Gasteiger partial charge in [-0.05, 0) is 37.1 Å². The first-order chi connectivity index (χ1) is 8.24. The summed E-state index contributed by atoms with van der Waals surface area (Å²) < 4.78 is 0. The first-order valence-electron chi connectivity index (χ1n) is 7.98. The van der Waals surface area contributed by atoms with Gasteiger partial charge in [-0.15, -0.1) is 0 Å². The molecule has 0 aromatic carbocycles. The summed E-state index contributed by atoms with van der Waals surface area (Å²) in [5.41, 5.74) is 0.605. The van der Waals surface area contributed by atoms with E-state index in [9.17, 15) is 0 Å². The van der Waals surface area contributed by atoms with E-state index in [-0.39, 0.29) is 0 Å². The van der Waals surface area contributed by atoms with Crippen molar-refractivity contribution in [3.63, 3.8) is 0 Å². The molecule has 0 spiro atoms. The van der Waals surface area contributed by atoms with Gasteiger partial charge in [-0.1, -0.05) is 58.8 Å². The molecule has 1 unspecified atom stereocenters. The fourth-order valence-electron chi connectivity index (χ4n) is 4.15. The van der Waals surface area contributed by atoms with Crippen molar-refractivity contribution >= 4 is 0 Å². The molecule has 0 bridgehead atoms. The first-order valence-corrected chi connectivity index (χ1v) is 7.98. The van der Waals surface area contributed by atoms with E-state index in [1.807, 2.05) is 0 Å². The lowest BCUT2D eigenvalue weighted by Crippen LogP contribution is -2.43. The number of hydrogen-bond acceptors (Lipinski definition) is 1. The Kier molecular flexibility index (Phi) is 4.90. The first kappa shape index (κ1) is 13.4. The second-order valence-corrected chi connectivity index (χ2v) is 6.71. The molecular formula is C16H31N. The van der Waals surface area contributed by atoms with E-state index in [0.29, 0.717) is 5.41 Å². The lowest BCUT2D eigenvalue weighted by molar-refractivity contribution is 0.174. The molecule has 0 aromatic heterocycles. The largest absolute Gasteiger partial charge is 0.314 e. The molecule has 2 aliphatic carbocycles. The van der Waals surface area contributed by atoms with E-state index in [1.165, 1.54) is 64.2 Å². The van der Waals surface area contributed by atoms with E-state index in [4.69, 9.17) is 0 Å². The molecule has 1 heteroatoms. The van der Waals surface area contributed by atoms with Crippen LogP contribution in [-0.2, 0) is 0 Å². The molecule has 0 saturated heterocycles. The van der Waals surface area contributed by atoms with Gasteiger partial charge in [0.1, 0.15) is 0 Å². The maximum Gasteiger partial charge on any atom is 0.0123 e. The molecule has 1 atom stereocenters. The van der Waals surface area contributed by atoms with Crippen molar-refractivity contribution < 1.29 is 0 Å². The number of hydrogen-bond donors (Lipinski definition) is 1. The lowest BCUT2D eigenvalue weighted by atomic mass is 9.74. The van der Waals surface area contributed by atoms with Crippen molar-refractivity contribution in [2.24, 2.45) is 11.3 Å². The molecule has 0 aromatic rings. The molecule has 0 aliphatic heterocycles. The highest BCUT2D eigenvalue weighted by Crippen LogP contribution is 2.43. The normalized spacial score (nSPS) is 27.2. The van der Waals surface area contributed by atoms with Crippen LogP contribution in [0, 0.1) is 11.3 Å². The van der Waals surface area contributed by atoms with Crippen LogP contribution in [0.3, 0.4) is 0 Å². The van der Waals surface area contributed by atoms with E-state index in [0.717, 1.165) is 18.5 Å². The van der Waals surface area contributed by atoms with Crippen LogP contribution in [0.5, 0.6) is 0 Å². The van der Waals surface area contributed by atoms with Gasteiger partial charge in [0, 0.05) is 6.04 Å². The minimum atomic E-state index is 0.605. The van der Waals surface area contributed by atoms with Gasteiger partial charge in [0.15, 0.2) is 0 Å². The molecule has 2 rings (SSSR count). The van der Waals surface area contributed by atoms with E-state index in [2.05, 4.69) is 19.2 Å². The Hall–Kier alpha value is -0.0400. The van der Waals surface area contributed by atoms with Crippen molar-refractivity contribution in [1.29, 1.82) is 0 Å². The topological polar surface area (TPSA) is 12.0 Å². The standard InChI is InChI=1S/C16H31N/c1-3-17-15(16(2)11-7-8-12-16)13-14-9-5-4-6-10-14/h14-15,17H,3-13H2,1-2H3. The molecule has 2 aliphatic rings. The van der Waals surface area contributed by atoms with Gasteiger partial charge in [-0.2, -0.15) is 0 Å². The van der Waals surface area contributed by atoms with Crippen molar-refractivity contribution in [3.8, 4) is 0 Å². The van der Waals surface area contributed by atoms with Crippen LogP contribution < -0.4 is 5.32 Å². The Labute approximate surface area is 108 Å². The van der Waals surface area contributed by atoms with Gasteiger partial charge in [0.25, 0.3) is 0 Å². The maximum atomic E-state index is 3.81.